The fourth-order valence-corrected chi connectivity index (χ4v) is 2.67. The van der Waals surface area contributed by atoms with Crippen LogP contribution >= 0.6 is 11.8 Å². The molecule has 0 aliphatic heterocycles. The lowest BCUT2D eigenvalue weighted by Crippen LogP contribution is -2.08. The lowest BCUT2D eigenvalue weighted by molar-refractivity contribution is 0.576. The maximum absolute atomic E-state index is 13.7. The molecule has 1 nitrogen and oxygen atoms in total. The first kappa shape index (κ1) is 14.0. The molecule has 0 fully saturated rings. The first-order valence-electron chi connectivity index (χ1n) is 5.66. The molecule has 2 aromatic carbocycles. The average Bonchev–Trinajstić information content (AvgIpc) is 2.38. The maximum atomic E-state index is 13.7. The lowest BCUT2D eigenvalue weighted by atomic mass is 10.2. The van der Waals surface area contributed by atoms with Gasteiger partial charge in [0.25, 0.3) is 0 Å². The van der Waals surface area contributed by atoms with E-state index in [0.717, 1.165) is 30.0 Å². The van der Waals surface area contributed by atoms with Crippen LogP contribution in [0.5, 0.6) is 0 Å². The predicted octanol–water partition coefficient (Wildman–Crippen LogP) is 3.97. The molecule has 0 saturated carbocycles. The van der Waals surface area contributed by atoms with E-state index in [-0.39, 0.29) is 10.7 Å². The Morgan fingerprint density at radius 2 is 1.79 bits per heavy atom. The van der Waals surface area contributed by atoms with E-state index in [1.807, 2.05) is 0 Å². The van der Waals surface area contributed by atoms with Gasteiger partial charge in [-0.25, -0.2) is 13.2 Å². The highest BCUT2D eigenvalue weighted by atomic mass is 32.2. The number of benzene rings is 2. The van der Waals surface area contributed by atoms with Gasteiger partial charge >= 0.3 is 0 Å². The number of halogens is 3. The molecule has 0 heterocycles. The van der Waals surface area contributed by atoms with Gasteiger partial charge < -0.3 is 5.32 Å². The van der Waals surface area contributed by atoms with Crippen LogP contribution in [0.15, 0.2) is 46.2 Å². The van der Waals surface area contributed by atoms with Crippen LogP contribution in [0, 0.1) is 17.5 Å². The van der Waals surface area contributed by atoms with Gasteiger partial charge in [0.15, 0.2) is 0 Å². The average molecular weight is 283 g/mol. The Labute approximate surface area is 113 Å². The highest BCUT2D eigenvalue weighted by Gasteiger charge is 2.12. The Morgan fingerprint density at radius 3 is 2.53 bits per heavy atom. The predicted molar refractivity (Wildman–Crippen MR) is 69.6 cm³/mol. The van der Waals surface area contributed by atoms with Crippen molar-refractivity contribution in [3.8, 4) is 0 Å². The van der Waals surface area contributed by atoms with E-state index >= 15 is 0 Å². The Balaban J connectivity index is 2.37. The van der Waals surface area contributed by atoms with Crippen molar-refractivity contribution in [1.82, 2.24) is 5.32 Å². The normalized spacial score (nSPS) is 10.7. The Morgan fingerprint density at radius 1 is 1.00 bits per heavy atom. The van der Waals surface area contributed by atoms with Gasteiger partial charge in [0.05, 0.1) is 4.90 Å². The Bertz CT molecular complexity index is 587. The van der Waals surface area contributed by atoms with Gasteiger partial charge in [-0.2, -0.15) is 0 Å². The highest BCUT2D eigenvalue weighted by molar-refractivity contribution is 7.99. The second-order valence-electron chi connectivity index (χ2n) is 3.92. The summed E-state index contributed by atoms with van der Waals surface area (Å²) in [7, 11) is 1.70. The fraction of sp³-hybridized carbons (Fsp3) is 0.143. The van der Waals surface area contributed by atoms with Crippen molar-refractivity contribution in [3.05, 3.63) is 59.4 Å². The summed E-state index contributed by atoms with van der Waals surface area (Å²) in [6.07, 6.45) is 0. The number of rotatable bonds is 4. The highest BCUT2D eigenvalue weighted by Crippen LogP contribution is 2.33. The van der Waals surface area contributed by atoms with Gasteiger partial charge in [0.1, 0.15) is 17.5 Å². The third-order valence-electron chi connectivity index (χ3n) is 2.54. The third kappa shape index (κ3) is 3.30. The molecule has 0 atom stereocenters. The SMILES string of the molecule is CNCc1c(F)cccc1Sc1cc(F)ccc1F. The Hall–Kier alpha value is -1.46. The molecule has 0 unspecified atom stereocenters. The maximum Gasteiger partial charge on any atom is 0.137 e. The zero-order chi connectivity index (χ0) is 13.8. The van der Waals surface area contributed by atoms with Crippen LogP contribution in [0.4, 0.5) is 13.2 Å². The van der Waals surface area contributed by atoms with Crippen LogP contribution < -0.4 is 5.32 Å². The summed E-state index contributed by atoms with van der Waals surface area (Å²) in [6, 6.07) is 7.81. The standard InChI is InChI=1S/C14H12F3NS/c1-18-8-10-11(16)3-2-4-13(10)19-14-7-9(15)5-6-12(14)17/h2-7,18H,8H2,1H3. The van der Waals surface area contributed by atoms with E-state index in [9.17, 15) is 13.2 Å². The summed E-state index contributed by atoms with van der Waals surface area (Å²) >= 11 is 1.01. The molecule has 0 aliphatic rings. The van der Waals surface area contributed by atoms with Gasteiger partial charge in [0.2, 0.25) is 0 Å². The molecular formula is C14H12F3NS. The van der Waals surface area contributed by atoms with Crippen LogP contribution in [-0.4, -0.2) is 7.05 Å². The molecule has 0 aromatic heterocycles. The van der Waals surface area contributed by atoms with Gasteiger partial charge in [-0.05, 0) is 37.4 Å². The summed E-state index contributed by atoms with van der Waals surface area (Å²) in [5, 5.41) is 2.86. The van der Waals surface area contributed by atoms with Crippen LogP contribution in [-0.2, 0) is 6.54 Å². The molecular weight excluding hydrogens is 271 g/mol. The molecule has 2 rings (SSSR count). The van der Waals surface area contributed by atoms with E-state index < -0.39 is 11.6 Å². The van der Waals surface area contributed by atoms with Gasteiger partial charge in [-0.3, -0.25) is 0 Å². The summed E-state index contributed by atoms with van der Waals surface area (Å²) < 4.78 is 40.4. The molecule has 0 spiro atoms. The van der Waals surface area contributed by atoms with Crippen molar-refractivity contribution >= 4 is 11.8 Å². The van der Waals surface area contributed by atoms with Crippen LogP contribution in [0.2, 0.25) is 0 Å². The first-order chi connectivity index (χ1) is 9.11. The van der Waals surface area contributed by atoms with E-state index in [1.165, 1.54) is 6.07 Å². The summed E-state index contributed by atoms with van der Waals surface area (Å²) in [5.74, 6) is -1.40. The summed E-state index contributed by atoms with van der Waals surface area (Å²) in [6.45, 7) is 0.325. The van der Waals surface area contributed by atoms with Crippen molar-refractivity contribution < 1.29 is 13.2 Å². The van der Waals surface area contributed by atoms with E-state index in [4.69, 9.17) is 0 Å². The minimum Gasteiger partial charge on any atom is -0.316 e. The van der Waals surface area contributed by atoms with Crippen molar-refractivity contribution in [2.75, 3.05) is 7.05 Å². The quantitative estimate of drug-likeness (QED) is 0.911. The zero-order valence-corrected chi connectivity index (χ0v) is 11.0. The monoisotopic (exact) mass is 283 g/mol. The molecule has 100 valence electrons. The summed E-state index contributed by atoms with van der Waals surface area (Å²) in [4.78, 5) is 0.710. The molecule has 0 amide bonds. The number of nitrogens with one attached hydrogen (secondary N) is 1. The lowest BCUT2D eigenvalue weighted by Gasteiger charge is -2.10. The minimum atomic E-state index is -0.522. The number of hydrogen-bond acceptors (Lipinski definition) is 2. The van der Waals surface area contributed by atoms with Gasteiger partial charge in [0, 0.05) is 17.0 Å². The third-order valence-corrected chi connectivity index (χ3v) is 3.68. The smallest absolute Gasteiger partial charge is 0.137 e. The fourth-order valence-electron chi connectivity index (χ4n) is 1.66. The van der Waals surface area contributed by atoms with Crippen molar-refractivity contribution in [2.45, 2.75) is 16.3 Å². The molecule has 2 aromatic rings. The topological polar surface area (TPSA) is 12.0 Å². The number of hydrogen-bond donors (Lipinski definition) is 1. The van der Waals surface area contributed by atoms with Crippen LogP contribution in [0.1, 0.15) is 5.56 Å². The largest absolute Gasteiger partial charge is 0.316 e. The molecule has 0 bridgehead atoms. The molecule has 19 heavy (non-hydrogen) atoms. The van der Waals surface area contributed by atoms with Gasteiger partial charge in [-0.1, -0.05) is 17.8 Å². The second-order valence-corrected chi connectivity index (χ2v) is 5.01. The van der Waals surface area contributed by atoms with Crippen LogP contribution in [0.25, 0.3) is 0 Å². The van der Waals surface area contributed by atoms with E-state index in [1.54, 1.807) is 19.2 Å². The van der Waals surface area contributed by atoms with Crippen molar-refractivity contribution in [1.29, 1.82) is 0 Å². The molecule has 0 radical (unpaired) electrons. The zero-order valence-electron chi connectivity index (χ0n) is 10.2. The van der Waals surface area contributed by atoms with Crippen molar-refractivity contribution in [2.24, 2.45) is 0 Å². The summed E-state index contributed by atoms with van der Waals surface area (Å²) in [5.41, 5.74) is 0.443. The van der Waals surface area contributed by atoms with Crippen LogP contribution in [0.3, 0.4) is 0 Å². The minimum absolute atomic E-state index is 0.142. The molecule has 5 heteroatoms. The van der Waals surface area contributed by atoms with Gasteiger partial charge in [-0.15, -0.1) is 0 Å². The van der Waals surface area contributed by atoms with E-state index in [2.05, 4.69) is 5.32 Å². The second kappa shape index (κ2) is 6.12. The Kier molecular flexibility index (Phi) is 4.50. The van der Waals surface area contributed by atoms with E-state index in [0.29, 0.717) is 17.0 Å². The molecule has 0 aliphatic carbocycles. The van der Waals surface area contributed by atoms with Crippen molar-refractivity contribution in [3.63, 3.8) is 0 Å². The first-order valence-corrected chi connectivity index (χ1v) is 6.48. The molecule has 0 saturated heterocycles. The molecule has 1 N–H and O–H groups in total.